The topological polar surface area (TPSA) is 42.7 Å². The highest BCUT2D eigenvalue weighted by molar-refractivity contribution is 4.67. The van der Waals surface area contributed by atoms with Gasteiger partial charge in [-0.3, -0.25) is 0 Å². The van der Waals surface area contributed by atoms with Gasteiger partial charge in [0.1, 0.15) is 12.7 Å². The van der Waals surface area contributed by atoms with Crippen molar-refractivity contribution in [2.24, 2.45) is 0 Å². The molecule has 0 saturated heterocycles. The summed E-state index contributed by atoms with van der Waals surface area (Å²) < 4.78 is 36.8. The van der Waals surface area contributed by atoms with Gasteiger partial charge in [-0.15, -0.1) is 0 Å². The number of nitrogens with one attached hydrogen (secondary N) is 1. The summed E-state index contributed by atoms with van der Waals surface area (Å²) in [6, 6.07) is -0.139. The van der Waals surface area contributed by atoms with Gasteiger partial charge in [0.05, 0.1) is 12.6 Å². The van der Waals surface area contributed by atoms with E-state index in [0.717, 1.165) is 0 Å². The third-order valence-corrected chi connectivity index (χ3v) is 1.65. The van der Waals surface area contributed by atoms with Crippen LogP contribution in [0.4, 0.5) is 13.2 Å². The van der Waals surface area contributed by atoms with E-state index < -0.39 is 12.7 Å². The standard InChI is InChI=1S/C7H11F3N4/c1-6(14-5-12-4-13-14)2-11-3-7(8,9)10/h4-6,11H,2-3H2,1H3. The number of hydrogen-bond donors (Lipinski definition) is 1. The van der Waals surface area contributed by atoms with E-state index in [9.17, 15) is 13.2 Å². The van der Waals surface area contributed by atoms with Crippen LogP contribution in [0, 0.1) is 0 Å². The number of rotatable bonds is 4. The molecule has 0 fully saturated rings. The Morgan fingerprint density at radius 3 is 2.71 bits per heavy atom. The highest BCUT2D eigenvalue weighted by atomic mass is 19.4. The average molecular weight is 208 g/mol. The van der Waals surface area contributed by atoms with E-state index in [1.807, 2.05) is 0 Å². The quantitative estimate of drug-likeness (QED) is 0.802. The molecule has 1 unspecified atom stereocenters. The molecule has 0 aliphatic rings. The Bertz CT molecular complexity index is 256. The first-order valence-corrected chi connectivity index (χ1v) is 4.10. The lowest BCUT2D eigenvalue weighted by atomic mass is 10.3. The van der Waals surface area contributed by atoms with Crippen LogP contribution in [0.25, 0.3) is 0 Å². The second kappa shape index (κ2) is 4.41. The fraction of sp³-hybridized carbons (Fsp3) is 0.714. The number of nitrogens with zero attached hydrogens (tertiary/aromatic N) is 3. The first kappa shape index (κ1) is 11.0. The Labute approximate surface area is 79.1 Å². The van der Waals surface area contributed by atoms with Crippen molar-refractivity contribution in [3.8, 4) is 0 Å². The van der Waals surface area contributed by atoms with Crippen molar-refractivity contribution in [1.82, 2.24) is 20.1 Å². The van der Waals surface area contributed by atoms with E-state index >= 15 is 0 Å². The van der Waals surface area contributed by atoms with Crippen molar-refractivity contribution in [2.45, 2.75) is 19.1 Å². The molecule has 1 atom stereocenters. The number of aromatic nitrogens is 3. The first-order chi connectivity index (χ1) is 6.49. The molecule has 1 aromatic rings. The largest absolute Gasteiger partial charge is 0.401 e. The molecular weight excluding hydrogens is 197 g/mol. The van der Waals surface area contributed by atoms with Gasteiger partial charge in [0.15, 0.2) is 0 Å². The van der Waals surface area contributed by atoms with E-state index in [1.54, 1.807) is 6.92 Å². The summed E-state index contributed by atoms with van der Waals surface area (Å²) in [7, 11) is 0. The second-order valence-corrected chi connectivity index (χ2v) is 2.97. The van der Waals surface area contributed by atoms with Crippen LogP contribution in [0.5, 0.6) is 0 Å². The van der Waals surface area contributed by atoms with Gasteiger partial charge in [0.25, 0.3) is 0 Å². The molecule has 0 bridgehead atoms. The number of hydrogen-bond acceptors (Lipinski definition) is 3. The molecule has 1 heterocycles. The maximum Gasteiger partial charge on any atom is 0.401 e. The summed E-state index contributed by atoms with van der Waals surface area (Å²) in [6.45, 7) is 0.993. The molecule has 0 amide bonds. The van der Waals surface area contributed by atoms with E-state index in [-0.39, 0.29) is 12.6 Å². The van der Waals surface area contributed by atoms with E-state index in [2.05, 4.69) is 15.4 Å². The van der Waals surface area contributed by atoms with Gasteiger partial charge < -0.3 is 5.32 Å². The van der Waals surface area contributed by atoms with Gasteiger partial charge in [0, 0.05) is 6.54 Å². The SMILES string of the molecule is CC(CNCC(F)(F)F)n1cncn1. The van der Waals surface area contributed by atoms with Crippen molar-refractivity contribution in [1.29, 1.82) is 0 Å². The van der Waals surface area contributed by atoms with Gasteiger partial charge in [-0.05, 0) is 6.92 Å². The van der Waals surface area contributed by atoms with Gasteiger partial charge in [0.2, 0.25) is 0 Å². The molecule has 1 aromatic heterocycles. The zero-order chi connectivity index (χ0) is 10.6. The van der Waals surface area contributed by atoms with E-state index in [4.69, 9.17) is 0 Å². The molecular formula is C7H11F3N4. The Morgan fingerprint density at radius 2 is 2.21 bits per heavy atom. The van der Waals surface area contributed by atoms with Crippen LogP contribution in [0.2, 0.25) is 0 Å². The fourth-order valence-electron chi connectivity index (χ4n) is 0.961. The fourth-order valence-corrected chi connectivity index (χ4v) is 0.961. The minimum Gasteiger partial charge on any atom is -0.307 e. The molecule has 80 valence electrons. The smallest absolute Gasteiger partial charge is 0.307 e. The van der Waals surface area contributed by atoms with Gasteiger partial charge >= 0.3 is 6.18 Å². The Kier molecular flexibility index (Phi) is 3.45. The summed E-state index contributed by atoms with van der Waals surface area (Å²) in [5, 5.41) is 6.12. The second-order valence-electron chi connectivity index (χ2n) is 2.97. The van der Waals surface area contributed by atoms with Crippen molar-refractivity contribution in [3.05, 3.63) is 12.7 Å². The zero-order valence-corrected chi connectivity index (χ0v) is 7.62. The van der Waals surface area contributed by atoms with E-state index in [1.165, 1.54) is 17.3 Å². The highest BCUT2D eigenvalue weighted by Gasteiger charge is 2.26. The van der Waals surface area contributed by atoms with Crippen molar-refractivity contribution >= 4 is 0 Å². The summed E-state index contributed by atoms with van der Waals surface area (Å²) >= 11 is 0. The van der Waals surface area contributed by atoms with Crippen LogP contribution < -0.4 is 5.32 Å². The molecule has 0 aromatic carbocycles. The normalized spacial score (nSPS) is 14.3. The lowest BCUT2D eigenvalue weighted by Gasteiger charge is -2.13. The third-order valence-electron chi connectivity index (χ3n) is 1.65. The van der Waals surface area contributed by atoms with Crippen LogP contribution >= 0.6 is 0 Å². The van der Waals surface area contributed by atoms with Gasteiger partial charge in [-0.1, -0.05) is 0 Å². The summed E-state index contributed by atoms with van der Waals surface area (Å²) in [4.78, 5) is 3.70. The van der Waals surface area contributed by atoms with Crippen LogP contribution in [0.15, 0.2) is 12.7 Å². The minimum absolute atomic E-state index is 0.139. The minimum atomic E-state index is -4.16. The maximum atomic E-state index is 11.8. The van der Waals surface area contributed by atoms with Crippen LogP contribution in [0.1, 0.15) is 13.0 Å². The summed E-state index contributed by atoms with van der Waals surface area (Å²) in [6.07, 6.45) is -1.34. The molecule has 4 nitrogen and oxygen atoms in total. The molecule has 0 saturated carbocycles. The zero-order valence-electron chi connectivity index (χ0n) is 7.62. The van der Waals surface area contributed by atoms with Crippen molar-refractivity contribution in [3.63, 3.8) is 0 Å². The molecule has 7 heteroatoms. The monoisotopic (exact) mass is 208 g/mol. The lowest BCUT2D eigenvalue weighted by molar-refractivity contribution is -0.124. The van der Waals surface area contributed by atoms with Crippen LogP contribution in [-0.2, 0) is 0 Å². The molecule has 1 N–H and O–H groups in total. The van der Waals surface area contributed by atoms with Crippen molar-refractivity contribution < 1.29 is 13.2 Å². The molecule has 0 spiro atoms. The predicted octanol–water partition coefficient (Wildman–Crippen LogP) is 0.991. The maximum absolute atomic E-state index is 11.8. The number of halogens is 3. The molecule has 0 aliphatic heterocycles. The van der Waals surface area contributed by atoms with Gasteiger partial charge in [-0.2, -0.15) is 18.3 Å². The van der Waals surface area contributed by atoms with Crippen LogP contribution in [0.3, 0.4) is 0 Å². The van der Waals surface area contributed by atoms with Crippen LogP contribution in [-0.4, -0.2) is 34.0 Å². The van der Waals surface area contributed by atoms with Crippen molar-refractivity contribution in [2.75, 3.05) is 13.1 Å². The summed E-state index contributed by atoms with van der Waals surface area (Å²) in [5.41, 5.74) is 0. The van der Waals surface area contributed by atoms with E-state index in [0.29, 0.717) is 0 Å². The third kappa shape index (κ3) is 3.73. The molecule has 0 radical (unpaired) electrons. The number of alkyl halides is 3. The summed E-state index contributed by atoms with van der Waals surface area (Å²) in [5.74, 6) is 0. The Hall–Kier alpha value is -1.11. The van der Waals surface area contributed by atoms with Gasteiger partial charge in [-0.25, -0.2) is 9.67 Å². The molecule has 14 heavy (non-hydrogen) atoms. The molecule has 1 rings (SSSR count). The Balaban J connectivity index is 2.26. The molecule has 0 aliphatic carbocycles. The first-order valence-electron chi connectivity index (χ1n) is 4.10. The lowest BCUT2D eigenvalue weighted by Crippen LogP contribution is -2.32. The Morgan fingerprint density at radius 1 is 1.50 bits per heavy atom. The predicted molar refractivity (Wildman–Crippen MR) is 43.7 cm³/mol. The average Bonchev–Trinajstić information content (AvgIpc) is 2.53. The highest BCUT2D eigenvalue weighted by Crippen LogP contribution is 2.12.